The van der Waals surface area contributed by atoms with E-state index >= 15 is 0 Å². The maximum absolute atomic E-state index is 13.1. The van der Waals surface area contributed by atoms with Gasteiger partial charge in [0, 0.05) is 17.8 Å². The Morgan fingerprint density at radius 3 is 2.64 bits per heavy atom. The molecule has 2 atom stereocenters. The molecule has 1 fully saturated rings. The zero-order valence-electron chi connectivity index (χ0n) is 18.1. The summed E-state index contributed by atoms with van der Waals surface area (Å²) in [5, 5.41) is 16.4. The lowest BCUT2D eigenvalue weighted by Crippen LogP contribution is -2.44. The molecule has 178 valence electrons. The van der Waals surface area contributed by atoms with E-state index in [4.69, 9.17) is 4.74 Å². The van der Waals surface area contributed by atoms with Gasteiger partial charge in [0.05, 0.1) is 17.5 Å². The van der Waals surface area contributed by atoms with Crippen molar-refractivity contribution in [3.8, 4) is 0 Å². The monoisotopic (exact) mass is 495 g/mol. The molecule has 3 N–H and O–H groups in total. The summed E-state index contributed by atoms with van der Waals surface area (Å²) in [6.45, 7) is 2.82. The van der Waals surface area contributed by atoms with Gasteiger partial charge in [-0.15, -0.1) is 11.3 Å². The highest BCUT2D eigenvalue weighted by atomic mass is 32.2. The minimum Gasteiger partial charge on any atom is -0.454 e. The van der Waals surface area contributed by atoms with E-state index < -0.39 is 46.7 Å². The number of benzene rings is 1. The van der Waals surface area contributed by atoms with Gasteiger partial charge < -0.3 is 15.2 Å². The largest absolute Gasteiger partial charge is 0.454 e. The van der Waals surface area contributed by atoms with Gasteiger partial charge >= 0.3 is 12.0 Å². The highest BCUT2D eigenvalue weighted by Crippen LogP contribution is 2.28. The number of β-amino-alcohol motifs (C(OH)–C–C–N with tert-alkyl or cyclic N) is 1. The Balaban J connectivity index is 1.58. The number of carbonyl (C=O) groups excluding carboxylic acids is 3. The molecule has 0 bridgehead atoms. The first-order valence-corrected chi connectivity index (χ1v) is 12.4. The van der Waals surface area contributed by atoms with E-state index in [1.165, 1.54) is 23.5 Å². The van der Waals surface area contributed by atoms with E-state index in [9.17, 15) is 27.9 Å². The molecule has 0 aliphatic carbocycles. The highest BCUT2D eigenvalue weighted by Gasteiger charge is 2.44. The van der Waals surface area contributed by atoms with Gasteiger partial charge in [-0.05, 0) is 48.6 Å². The molecule has 1 aromatic heterocycles. The number of esters is 1. The molecule has 3 amide bonds. The number of sulfonamides is 1. The fourth-order valence-corrected chi connectivity index (χ4v) is 5.65. The predicted octanol–water partition coefficient (Wildman–Crippen LogP) is 1.06. The van der Waals surface area contributed by atoms with Crippen LogP contribution in [0.25, 0.3) is 0 Å². The van der Waals surface area contributed by atoms with Gasteiger partial charge in [0.25, 0.3) is 5.91 Å². The van der Waals surface area contributed by atoms with E-state index in [-0.39, 0.29) is 24.4 Å². The van der Waals surface area contributed by atoms with Gasteiger partial charge in [0.15, 0.2) is 6.61 Å². The maximum atomic E-state index is 13.1. The van der Waals surface area contributed by atoms with Crippen molar-refractivity contribution in [1.29, 1.82) is 0 Å². The third kappa shape index (κ3) is 6.16. The first-order chi connectivity index (χ1) is 15.6. The Morgan fingerprint density at radius 2 is 1.97 bits per heavy atom. The van der Waals surface area contributed by atoms with Crippen LogP contribution in [-0.4, -0.2) is 61.0 Å². The molecule has 0 spiro atoms. The average molecular weight is 496 g/mol. The van der Waals surface area contributed by atoms with Gasteiger partial charge in [-0.1, -0.05) is 12.1 Å². The summed E-state index contributed by atoms with van der Waals surface area (Å²) in [4.78, 5) is 37.2. The second-order valence-corrected chi connectivity index (χ2v) is 10.6. The van der Waals surface area contributed by atoms with Crippen molar-refractivity contribution >= 4 is 39.3 Å². The normalized spacial score (nSPS) is 18.6. The van der Waals surface area contributed by atoms with Crippen LogP contribution in [0.3, 0.4) is 0 Å². The molecule has 10 nitrogen and oxygen atoms in total. The maximum Gasteiger partial charge on any atom is 0.325 e. The number of thiophene rings is 1. The number of nitrogens with zero attached hydrogens (tertiary/aromatic N) is 1. The van der Waals surface area contributed by atoms with Crippen molar-refractivity contribution in [2.45, 2.75) is 43.9 Å². The Hall–Kier alpha value is -2.80. The molecular formula is C21H25N3O7S2. The molecule has 2 heterocycles. The first kappa shape index (κ1) is 24.8. The van der Waals surface area contributed by atoms with Crippen molar-refractivity contribution in [3.05, 3.63) is 51.7 Å². The number of aryl methyl sites for hydroxylation is 2. The molecule has 0 saturated carbocycles. The van der Waals surface area contributed by atoms with Crippen LogP contribution in [0.2, 0.25) is 0 Å². The smallest absolute Gasteiger partial charge is 0.325 e. The topological polar surface area (TPSA) is 142 Å². The quantitative estimate of drug-likeness (QED) is 0.488. The molecule has 1 aliphatic rings. The van der Waals surface area contributed by atoms with E-state index in [2.05, 4.69) is 5.32 Å². The van der Waals surface area contributed by atoms with Crippen molar-refractivity contribution < 1.29 is 32.6 Å². The summed E-state index contributed by atoms with van der Waals surface area (Å²) in [6.07, 6.45) is -1.22. The van der Waals surface area contributed by atoms with E-state index in [1.54, 1.807) is 13.0 Å². The SMILES string of the molecule is Cc1ccc(S(=O)(=O)N2CC(O)C[C@H]2C(=O)OCC(=O)NC(=O)NCc2cccs2)cc1C. The van der Waals surface area contributed by atoms with E-state index in [1.807, 2.05) is 29.8 Å². The zero-order chi connectivity index (χ0) is 24.2. The summed E-state index contributed by atoms with van der Waals surface area (Å²) < 4.78 is 32.0. The molecule has 33 heavy (non-hydrogen) atoms. The Labute approximate surface area is 195 Å². The van der Waals surface area contributed by atoms with Crippen LogP contribution >= 0.6 is 11.3 Å². The number of carbonyl (C=O) groups is 3. The minimum absolute atomic E-state index is 0.00217. The van der Waals surface area contributed by atoms with Crippen LogP contribution in [0, 0.1) is 13.8 Å². The van der Waals surface area contributed by atoms with Gasteiger partial charge in [-0.2, -0.15) is 4.31 Å². The molecule has 12 heteroatoms. The molecule has 1 aromatic carbocycles. The molecule has 3 rings (SSSR count). The summed E-state index contributed by atoms with van der Waals surface area (Å²) >= 11 is 1.44. The highest BCUT2D eigenvalue weighted by molar-refractivity contribution is 7.89. The first-order valence-electron chi connectivity index (χ1n) is 10.1. The summed E-state index contributed by atoms with van der Waals surface area (Å²) in [5.41, 5.74) is 1.68. The third-order valence-electron chi connectivity index (χ3n) is 5.19. The van der Waals surface area contributed by atoms with Crippen molar-refractivity contribution in [2.24, 2.45) is 0 Å². The molecule has 1 unspecified atom stereocenters. The lowest BCUT2D eigenvalue weighted by Gasteiger charge is -2.22. The number of hydrogen-bond acceptors (Lipinski definition) is 8. The molecular weight excluding hydrogens is 470 g/mol. The van der Waals surface area contributed by atoms with E-state index in [0.717, 1.165) is 20.3 Å². The summed E-state index contributed by atoms with van der Waals surface area (Å²) in [5.74, 6) is -1.85. The number of amides is 3. The van der Waals surface area contributed by atoms with Crippen LogP contribution in [0.4, 0.5) is 4.79 Å². The summed E-state index contributed by atoms with van der Waals surface area (Å²) in [6, 6.07) is 6.21. The molecule has 1 saturated heterocycles. The second-order valence-electron chi connectivity index (χ2n) is 7.64. The fourth-order valence-electron chi connectivity index (χ4n) is 3.29. The van der Waals surface area contributed by atoms with Crippen LogP contribution in [0.5, 0.6) is 0 Å². The molecule has 2 aromatic rings. The number of rotatable bonds is 7. The van der Waals surface area contributed by atoms with Gasteiger partial charge in [0.2, 0.25) is 10.0 Å². The zero-order valence-corrected chi connectivity index (χ0v) is 19.7. The average Bonchev–Trinajstić information content (AvgIpc) is 3.42. The number of aliphatic hydroxyl groups excluding tert-OH is 1. The Morgan fingerprint density at radius 1 is 1.21 bits per heavy atom. The standard InChI is InChI=1S/C21H25N3O7S2/c1-13-5-6-17(8-14(13)2)33(29,30)24-11-15(25)9-18(24)20(27)31-12-19(26)23-21(28)22-10-16-4-3-7-32-16/h3-8,15,18,25H,9-12H2,1-2H3,(H2,22,23,26,28)/t15?,18-/m0/s1. The third-order valence-corrected chi connectivity index (χ3v) is 7.94. The van der Waals surface area contributed by atoms with Crippen LogP contribution in [0.15, 0.2) is 40.6 Å². The number of hydrogen-bond donors (Lipinski definition) is 3. The lowest BCUT2D eigenvalue weighted by molar-refractivity contribution is -0.151. The Bertz CT molecular complexity index is 1130. The van der Waals surface area contributed by atoms with Crippen LogP contribution in [-0.2, 0) is 30.9 Å². The van der Waals surface area contributed by atoms with Gasteiger partial charge in [0.1, 0.15) is 6.04 Å². The number of ether oxygens (including phenoxy) is 1. The number of nitrogens with one attached hydrogen (secondary N) is 2. The lowest BCUT2D eigenvalue weighted by atomic mass is 10.1. The van der Waals surface area contributed by atoms with Crippen LogP contribution in [0.1, 0.15) is 22.4 Å². The molecule has 1 aliphatic heterocycles. The van der Waals surface area contributed by atoms with Gasteiger partial charge in [-0.3, -0.25) is 14.9 Å². The van der Waals surface area contributed by atoms with Crippen molar-refractivity contribution in [1.82, 2.24) is 14.9 Å². The number of aliphatic hydroxyl groups is 1. The minimum atomic E-state index is -4.08. The number of imide groups is 1. The van der Waals surface area contributed by atoms with Gasteiger partial charge in [-0.25, -0.2) is 13.2 Å². The summed E-state index contributed by atoms with van der Waals surface area (Å²) in [7, 11) is -4.08. The van der Waals surface area contributed by atoms with Crippen LogP contribution < -0.4 is 10.6 Å². The molecule has 0 radical (unpaired) electrons. The van der Waals surface area contributed by atoms with Crippen molar-refractivity contribution in [3.63, 3.8) is 0 Å². The predicted molar refractivity (Wildman–Crippen MR) is 120 cm³/mol. The number of urea groups is 1. The van der Waals surface area contributed by atoms with Crippen molar-refractivity contribution in [2.75, 3.05) is 13.2 Å². The van der Waals surface area contributed by atoms with E-state index in [0.29, 0.717) is 0 Å². The Kier molecular flexibility index (Phi) is 7.84. The second kappa shape index (κ2) is 10.4. The fraction of sp³-hybridized carbons (Fsp3) is 0.381.